The number of hydrogen-bond donors (Lipinski definition) is 3. The van der Waals surface area contributed by atoms with Gasteiger partial charge in [-0.3, -0.25) is 10.1 Å². The van der Waals surface area contributed by atoms with Gasteiger partial charge >= 0.3 is 5.97 Å². The van der Waals surface area contributed by atoms with Crippen molar-refractivity contribution >= 4 is 11.9 Å². The molecule has 0 aromatic heterocycles. The molecule has 27 heavy (non-hydrogen) atoms. The van der Waals surface area contributed by atoms with Gasteiger partial charge in [0.15, 0.2) is 6.29 Å². The summed E-state index contributed by atoms with van der Waals surface area (Å²) in [7, 11) is 1.31. The highest BCUT2D eigenvalue weighted by molar-refractivity contribution is 5.89. The van der Waals surface area contributed by atoms with Crippen LogP contribution >= 0.6 is 0 Å². The summed E-state index contributed by atoms with van der Waals surface area (Å²) in [5.41, 5.74) is 0.817. The van der Waals surface area contributed by atoms with Crippen molar-refractivity contribution in [2.24, 2.45) is 5.41 Å². The first-order valence-corrected chi connectivity index (χ1v) is 9.18. The van der Waals surface area contributed by atoms with E-state index < -0.39 is 30.5 Å². The van der Waals surface area contributed by atoms with E-state index in [1.54, 1.807) is 0 Å². The van der Waals surface area contributed by atoms with Crippen molar-refractivity contribution in [2.45, 2.75) is 64.6 Å². The lowest BCUT2D eigenvalue weighted by Crippen LogP contribution is -2.51. The van der Waals surface area contributed by atoms with Crippen molar-refractivity contribution in [1.29, 1.82) is 0 Å². The van der Waals surface area contributed by atoms with Gasteiger partial charge in [-0.25, -0.2) is 4.79 Å². The van der Waals surface area contributed by atoms with Gasteiger partial charge in [0, 0.05) is 12.8 Å². The molecule has 1 amide bonds. The van der Waals surface area contributed by atoms with E-state index in [-0.39, 0.29) is 17.7 Å². The summed E-state index contributed by atoms with van der Waals surface area (Å²) in [6, 6.07) is 7.91. The van der Waals surface area contributed by atoms with Crippen LogP contribution in [0.1, 0.15) is 39.2 Å². The number of esters is 1. The van der Waals surface area contributed by atoms with Gasteiger partial charge in [0.25, 0.3) is 0 Å². The Hall–Kier alpha value is -1.96. The minimum Gasteiger partial charge on any atom is -0.467 e. The summed E-state index contributed by atoms with van der Waals surface area (Å²) < 4.78 is 4.98. The molecule has 1 aromatic carbocycles. The predicted molar refractivity (Wildman–Crippen MR) is 100 cm³/mol. The molecule has 0 saturated carbocycles. The van der Waals surface area contributed by atoms with Crippen LogP contribution in [0.2, 0.25) is 0 Å². The number of methoxy groups -OCH3 is 1. The van der Waals surface area contributed by atoms with Gasteiger partial charge < -0.3 is 19.8 Å². The molecule has 0 aliphatic carbocycles. The summed E-state index contributed by atoms with van der Waals surface area (Å²) in [6.07, 6.45) is -1.19. The molecule has 0 bridgehead atoms. The lowest BCUT2D eigenvalue weighted by Gasteiger charge is -2.34. The Morgan fingerprint density at radius 2 is 1.89 bits per heavy atom. The third-order valence-electron chi connectivity index (χ3n) is 4.62. The van der Waals surface area contributed by atoms with Crippen LogP contribution in [0.4, 0.5) is 0 Å². The molecule has 2 rings (SSSR count). The van der Waals surface area contributed by atoms with Crippen molar-refractivity contribution in [3.8, 4) is 0 Å². The summed E-state index contributed by atoms with van der Waals surface area (Å²) in [4.78, 5) is 27.1. The molecule has 3 atom stereocenters. The van der Waals surface area contributed by atoms with Gasteiger partial charge in [-0.05, 0) is 17.4 Å². The highest BCUT2D eigenvalue weighted by Crippen LogP contribution is 2.29. The Kier molecular flexibility index (Phi) is 6.97. The fourth-order valence-corrected chi connectivity index (χ4v) is 3.47. The van der Waals surface area contributed by atoms with Crippen LogP contribution in [0, 0.1) is 5.41 Å². The first kappa shape index (κ1) is 21.3. The largest absolute Gasteiger partial charge is 0.467 e. The molecule has 1 fully saturated rings. The first-order chi connectivity index (χ1) is 12.6. The Morgan fingerprint density at radius 1 is 1.26 bits per heavy atom. The van der Waals surface area contributed by atoms with E-state index >= 15 is 0 Å². The van der Waals surface area contributed by atoms with Gasteiger partial charge in [0.2, 0.25) is 5.91 Å². The Morgan fingerprint density at radius 3 is 2.41 bits per heavy atom. The van der Waals surface area contributed by atoms with Crippen LogP contribution in [0.3, 0.4) is 0 Å². The van der Waals surface area contributed by atoms with Crippen LogP contribution in [0.15, 0.2) is 30.3 Å². The molecule has 0 radical (unpaired) electrons. The molecule has 7 heteroatoms. The number of carbonyl (C=O) groups is 2. The van der Waals surface area contributed by atoms with E-state index in [2.05, 4.69) is 26.1 Å². The summed E-state index contributed by atoms with van der Waals surface area (Å²) in [6.45, 7) is 6.15. The topological polar surface area (TPSA) is 99.1 Å². The monoisotopic (exact) mass is 378 g/mol. The maximum absolute atomic E-state index is 13.0. The Labute approximate surface area is 160 Å². The number of rotatable bonds is 7. The van der Waals surface area contributed by atoms with Gasteiger partial charge in [0.05, 0.1) is 19.3 Å². The Balaban J connectivity index is 2.34. The number of hydrogen-bond acceptors (Lipinski definition) is 6. The zero-order valence-electron chi connectivity index (χ0n) is 16.4. The third-order valence-corrected chi connectivity index (χ3v) is 4.62. The number of benzene rings is 1. The van der Waals surface area contributed by atoms with Crippen molar-refractivity contribution in [3.63, 3.8) is 0 Å². The van der Waals surface area contributed by atoms with E-state index in [0.29, 0.717) is 12.8 Å². The van der Waals surface area contributed by atoms with Crippen LogP contribution in [-0.2, 0) is 20.7 Å². The quantitative estimate of drug-likeness (QED) is 0.484. The molecule has 1 aliphatic heterocycles. The van der Waals surface area contributed by atoms with Crippen molar-refractivity contribution in [3.05, 3.63) is 35.9 Å². The SMILES string of the molecule is COC(=O)C(Cc1ccccc1)N1C(=O)[C@H](CC(O)O)NC1CC(C)(C)C. The van der Waals surface area contributed by atoms with Gasteiger partial charge in [-0.2, -0.15) is 0 Å². The fraction of sp³-hybridized carbons (Fsp3) is 0.600. The average molecular weight is 378 g/mol. The zero-order valence-corrected chi connectivity index (χ0v) is 16.4. The average Bonchev–Trinajstić information content (AvgIpc) is 2.86. The number of aliphatic hydroxyl groups excluding tert-OH is 1. The van der Waals surface area contributed by atoms with Crippen LogP contribution < -0.4 is 5.32 Å². The van der Waals surface area contributed by atoms with E-state index in [9.17, 15) is 19.8 Å². The second-order valence-corrected chi connectivity index (χ2v) is 8.19. The normalized spacial score (nSPS) is 21.6. The fourth-order valence-electron chi connectivity index (χ4n) is 3.47. The van der Waals surface area contributed by atoms with E-state index in [4.69, 9.17) is 4.74 Å². The predicted octanol–water partition coefficient (Wildman–Crippen LogP) is 1.03. The van der Waals surface area contributed by atoms with E-state index in [1.807, 2.05) is 30.3 Å². The van der Waals surface area contributed by atoms with Crippen molar-refractivity contribution in [2.75, 3.05) is 7.11 Å². The minimum absolute atomic E-state index is 0.101. The van der Waals surface area contributed by atoms with E-state index in [1.165, 1.54) is 12.0 Å². The summed E-state index contributed by atoms with van der Waals surface area (Å²) in [5.74, 6) is -0.804. The number of aliphatic hydroxyl groups is 2. The Bertz CT molecular complexity index is 642. The van der Waals surface area contributed by atoms with Crippen molar-refractivity contribution in [1.82, 2.24) is 10.2 Å². The minimum atomic E-state index is -1.60. The van der Waals surface area contributed by atoms with Gasteiger partial charge in [-0.15, -0.1) is 0 Å². The molecule has 2 unspecified atom stereocenters. The molecule has 7 nitrogen and oxygen atoms in total. The highest BCUT2D eigenvalue weighted by Gasteiger charge is 2.46. The molecular weight excluding hydrogens is 348 g/mol. The molecule has 1 aromatic rings. The van der Waals surface area contributed by atoms with Crippen molar-refractivity contribution < 1.29 is 24.5 Å². The molecular formula is C20H30N2O5. The number of nitrogens with zero attached hydrogens (tertiary/aromatic N) is 1. The third kappa shape index (κ3) is 5.76. The highest BCUT2D eigenvalue weighted by atomic mass is 16.5. The van der Waals surface area contributed by atoms with Crippen LogP contribution in [-0.4, -0.2) is 58.6 Å². The maximum atomic E-state index is 13.0. The molecule has 0 spiro atoms. The molecule has 150 valence electrons. The molecule has 1 heterocycles. The van der Waals surface area contributed by atoms with Gasteiger partial charge in [0.1, 0.15) is 6.04 Å². The lowest BCUT2D eigenvalue weighted by molar-refractivity contribution is -0.153. The number of amides is 1. The zero-order chi connectivity index (χ0) is 20.2. The van der Waals surface area contributed by atoms with E-state index in [0.717, 1.165) is 5.56 Å². The van der Waals surface area contributed by atoms with Crippen LogP contribution in [0.5, 0.6) is 0 Å². The summed E-state index contributed by atoms with van der Waals surface area (Å²) >= 11 is 0. The summed E-state index contributed by atoms with van der Waals surface area (Å²) in [5, 5.41) is 21.8. The number of ether oxygens (including phenoxy) is 1. The second-order valence-electron chi connectivity index (χ2n) is 8.19. The van der Waals surface area contributed by atoms with Gasteiger partial charge in [-0.1, -0.05) is 51.1 Å². The number of nitrogens with one attached hydrogen (secondary N) is 1. The maximum Gasteiger partial charge on any atom is 0.328 e. The molecule has 1 aliphatic rings. The molecule has 3 N–H and O–H groups in total. The first-order valence-electron chi connectivity index (χ1n) is 9.18. The lowest BCUT2D eigenvalue weighted by atomic mass is 9.90. The molecule has 1 saturated heterocycles. The standard InChI is InChI=1S/C20H30N2O5/c1-20(2,3)12-16-21-14(11-17(23)24)18(25)22(16)15(19(26)27-4)10-13-8-6-5-7-9-13/h5-9,14-17,21,23-24H,10-12H2,1-4H3/t14-,15?,16?/m0/s1. The smallest absolute Gasteiger partial charge is 0.328 e. The number of carbonyl (C=O) groups excluding carboxylic acids is 2. The van der Waals surface area contributed by atoms with Crippen LogP contribution in [0.25, 0.3) is 0 Å². The second kappa shape index (κ2) is 8.82.